The lowest BCUT2D eigenvalue weighted by molar-refractivity contribution is 0.0626. The largest absolute Gasteiger partial charge is 0.491 e. The molecule has 2 aliphatic carbocycles. The molecule has 6 aromatic rings. The minimum atomic E-state index is -0.880. The molecule has 60 heavy (non-hydrogen) atoms. The van der Waals surface area contributed by atoms with Gasteiger partial charge in [-0.2, -0.15) is 0 Å². The molecule has 2 fully saturated rings. The molecule has 0 amide bonds. The molecule has 2 saturated heterocycles. The molecule has 7 nitrogen and oxygen atoms in total. The molecular formula is C51H46F2O7. The van der Waals surface area contributed by atoms with Gasteiger partial charge in [0, 0.05) is 10.8 Å². The second-order valence-electron chi connectivity index (χ2n) is 16.3. The standard InChI is InChI=1S/C51H46F2O7/c52-39-9-19-48-33(25-39)21-23-50(48,37-5-15-44(16-6-37)57-29-46-31-59-46)35-1-11-42(12-2-35)55-27-41(54)28-56-43-13-3-36(4-14-43)51(24-22-34-26-40(53)10-20-49(34)51)38-7-17-45(18-8-38)58-30-47-32-60-47/h1-20,25-26,41,46-47,54H,21-24,27-32H2. The van der Waals surface area contributed by atoms with Crippen LogP contribution in [0.15, 0.2) is 133 Å². The Balaban J connectivity index is 0.800. The van der Waals surface area contributed by atoms with Crippen LogP contribution in [0.3, 0.4) is 0 Å². The minimum absolute atomic E-state index is 0.0435. The summed E-state index contributed by atoms with van der Waals surface area (Å²) < 4.78 is 63.2. The van der Waals surface area contributed by atoms with Gasteiger partial charge >= 0.3 is 0 Å². The highest BCUT2D eigenvalue weighted by Gasteiger charge is 2.43. The third-order valence-electron chi connectivity index (χ3n) is 12.5. The fourth-order valence-corrected chi connectivity index (χ4v) is 9.30. The average molecular weight is 809 g/mol. The summed E-state index contributed by atoms with van der Waals surface area (Å²) in [4.78, 5) is 0. The number of epoxide rings is 2. The van der Waals surface area contributed by atoms with Gasteiger partial charge in [0.1, 0.15) is 79.4 Å². The zero-order chi connectivity index (χ0) is 40.7. The van der Waals surface area contributed by atoms with Crippen LogP contribution in [-0.2, 0) is 33.1 Å². The number of benzene rings is 6. The van der Waals surface area contributed by atoms with E-state index < -0.39 is 16.9 Å². The second kappa shape index (κ2) is 16.0. The van der Waals surface area contributed by atoms with E-state index in [9.17, 15) is 13.9 Å². The average Bonchev–Trinajstić information content (AvgIpc) is 4.22. The maximum Gasteiger partial charge on any atom is 0.123 e. The number of rotatable bonds is 16. The van der Waals surface area contributed by atoms with Crippen LogP contribution < -0.4 is 18.9 Å². The molecule has 10 rings (SSSR count). The first-order valence-electron chi connectivity index (χ1n) is 20.8. The van der Waals surface area contributed by atoms with Crippen LogP contribution in [-0.4, -0.2) is 63.1 Å². The van der Waals surface area contributed by atoms with Crippen molar-refractivity contribution in [3.05, 3.63) is 190 Å². The Morgan fingerprint density at radius 1 is 0.500 bits per heavy atom. The number of aliphatic hydroxyl groups is 1. The monoisotopic (exact) mass is 808 g/mol. The highest BCUT2D eigenvalue weighted by Crippen LogP contribution is 2.51. The van der Waals surface area contributed by atoms with E-state index in [2.05, 4.69) is 48.5 Å². The molecule has 0 spiro atoms. The van der Waals surface area contributed by atoms with Crippen molar-refractivity contribution in [2.75, 3.05) is 39.6 Å². The lowest BCUT2D eigenvalue weighted by Gasteiger charge is -2.32. The molecule has 0 aromatic heterocycles. The van der Waals surface area contributed by atoms with Crippen LogP contribution in [0, 0.1) is 11.6 Å². The molecule has 0 bridgehead atoms. The first-order chi connectivity index (χ1) is 29.4. The predicted octanol–water partition coefficient (Wildman–Crippen LogP) is 8.90. The van der Waals surface area contributed by atoms with E-state index in [0.717, 1.165) is 94.9 Å². The molecule has 4 atom stereocenters. The van der Waals surface area contributed by atoms with E-state index in [4.69, 9.17) is 28.4 Å². The molecular weight excluding hydrogens is 763 g/mol. The van der Waals surface area contributed by atoms with E-state index >= 15 is 0 Å². The maximum absolute atomic E-state index is 14.3. The van der Waals surface area contributed by atoms with Gasteiger partial charge in [0.15, 0.2) is 0 Å². The minimum Gasteiger partial charge on any atom is -0.491 e. The van der Waals surface area contributed by atoms with Crippen LogP contribution in [0.1, 0.15) is 57.3 Å². The Kier molecular flexibility index (Phi) is 10.3. The third-order valence-corrected chi connectivity index (χ3v) is 12.5. The Morgan fingerprint density at radius 3 is 1.17 bits per heavy atom. The van der Waals surface area contributed by atoms with Crippen LogP contribution in [0.5, 0.6) is 23.0 Å². The van der Waals surface area contributed by atoms with Gasteiger partial charge < -0.3 is 33.5 Å². The summed E-state index contributed by atoms with van der Waals surface area (Å²) in [7, 11) is 0. The van der Waals surface area contributed by atoms with Gasteiger partial charge in [-0.05, 0) is 143 Å². The summed E-state index contributed by atoms with van der Waals surface area (Å²) in [5.74, 6) is 2.36. The Labute approximate surface area is 348 Å². The molecule has 2 aliphatic heterocycles. The first kappa shape index (κ1) is 38.5. The van der Waals surface area contributed by atoms with Crippen molar-refractivity contribution in [2.45, 2.75) is 54.8 Å². The lowest BCUT2D eigenvalue weighted by Crippen LogP contribution is -2.27. The van der Waals surface area contributed by atoms with Gasteiger partial charge in [0.25, 0.3) is 0 Å². The molecule has 0 radical (unpaired) electrons. The van der Waals surface area contributed by atoms with Crippen molar-refractivity contribution in [3.63, 3.8) is 0 Å². The van der Waals surface area contributed by atoms with Gasteiger partial charge in [-0.1, -0.05) is 60.7 Å². The molecule has 1 N–H and O–H groups in total. The van der Waals surface area contributed by atoms with Gasteiger partial charge in [-0.25, -0.2) is 8.78 Å². The summed E-state index contributed by atoms with van der Waals surface area (Å²) >= 11 is 0. The highest BCUT2D eigenvalue weighted by molar-refractivity contribution is 5.59. The number of fused-ring (bicyclic) bond motifs is 2. The van der Waals surface area contributed by atoms with Gasteiger partial charge in [-0.15, -0.1) is 0 Å². The molecule has 306 valence electrons. The van der Waals surface area contributed by atoms with Crippen molar-refractivity contribution >= 4 is 0 Å². The van der Waals surface area contributed by atoms with Crippen molar-refractivity contribution in [1.82, 2.24) is 0 Å². The van der Waals surface area contributed by atoms with E-state index in [0.29, 0.717) is 24.7 Å². The Morgan fingerprint density at radius 2 is 0.833 bits per heavy atom. The van der Waals surface area contributed by atoms with Gasteiger partial charge in [0.05, 0.1) is 13.2 Å². The smallest absolute Gasteiger partial charge is 0.123 e. The molecule has 0 saturated carbocycles. The van der Waals surface area contributed by atoms with Gasteiger partial charge in [0.2, 0.25) is 0 Å². The van der Waals surface area contributed by atoms with E-state index in [1.807, 2.05) is 60.7 Å². The molecule has 4 unspecified atom stereocenters. The van der Waals surface area contributed by atoms with E-state index in [1.54, 1.807) is 24.3 Å². The highest BCUT2D eigenvalue weighted by atomic mass is 19.1. The lowest BCUT2D eigenvalue weighted by atomic mass is 9.70. The Bertz CT molecular complexity index is 2270. The topological polar surface area (TPSA) is 82.2 Å². The van der Waals surface area contributed by atoms with Crippen molar-refractivity contribution < 1.29 is 42.3 Å². The normalized spacial score (nSPS) is 22.7. The zero-order valence-electron chi connectivity index (χ0n) is 33.2. The zero-order valence-corrected chi connectivity index (χ0v) is 33.2. The predicted molar refractivity (Wildman–Crippen MR) is 222 cm³/mol. The van der Waals surface area contributed by atoms with Gasteiger partial charge in [-0.3, -0.25) is 0 Å². The Hall–Kier alpha value is -5.74. The number of aryl methyl sites for hydroxylation is 2. The molecule has 9 heteroatoms. The summed E-state index contributed by atoms with van der Waals surface area (Å²) in [5, 5.41) is 10.9. The SMILES string of the molecule is OC(COc1ccc(C2(c3ccc(OCC4CO4)cc3)CCc3cc(F)ccc32)cc1)COc1ccc(C2(c3ccc(OCC4CO4)cc3)CCc3cc(F)ccc32)cc1. The summed E-state index contributed by atoms with van der Waals surface area (Å²) in [5.41, 5.74) is 7.64. The van der Waals surface area contributed by atoms with Crippen LogP contribution >= 0.6 is 0 Å². The molecule has 6 aromatic carbocycles. The number of halogens is 2. The number of ether oxygens (including phenoxy) is 6. The summed E-state index contributed by atoms with van der Waals surface area (Å²) in [6, 6.07) is 42.5. The fraction of sp³-hybridized carbons (Fsp3) is 0.294. The summed E-state index contributed by atoms with van der Waals surface area (Å²) in [6.07, 6.45) is 2.58. The maximum atomic E-state index is 14.3. The van der Waals surface area contributed by atoms with E-state index in [1.165, 1.54) is 0 Å². The van der Waals surface area contributed by atoms with Crippen LogP contribution in [0.2, 0.25) is 0 Å². The van der Waals surface area contributed by atoms with E-state index in [-0.39, 0.29) is 37.1 Å². The second-order valence-corrected chi connectivity index (χ2v) is 16.3. The quantitative estimate of drug-likeness (QED) is 0.0979. The molecule has 4 aliphatic rings. The van der Waals surface area contributed by atoms with Crippen molar-refractivity contribution in [1.29, 1.82) is 0 Å². The first-order valence-corrected chi connectivity index (χ1v) is 20.8. The number of aliphatic hydroxyl groups excluding tert-OH is 1. The molecule has 2 heterocycles. The van der Waals surface area contributed by atoms with Crippen molar-refractivity contribution in [2.24, 2.45) is 0 Å². The fourth-order valence-electron chi connectivity index (χ4n) is 9.30. The van der Waals surface area contributed by atoms with Crippen molar-refractivity contribution in [3.8, 4) is 23.0 Å². The number of hydrogen-bond acceptors (Lipinski definition) is 7. The third kappa shape index (κ3) is 7.62. The number of hydrogen-bond donors (Lipinski definition) is 1. The van der Waals surface area contributed by atoms with Crippen LogP contribution in [0.4, 0.5) is 8.78 Å². The van der Waals surface area contributed by atoms with Crippen LogP contribution in [0.25, 0.3) is 0 Å². The summed E-state index contributed by atoms with van der Waals surface area (Å²) in [6.45, 7) is 2.64.